The van der Waals surface area contributed by atoms with Crippen LogP contribution in [-0.4, -0.2) is 9.13 Å². The lowest BCUT2D eigenvalue weighted by Crippen LogP contribution is -2.38. The van der Waals surface area contributed by atoms with Crippen LogP contribution in [0, 0.1) is 13.8 Å². The van der Waals surface area contributed by atoms with Gasteiger partial charge in [0.15, 0.2) is 0 Å². The fourth-order valence-corrected chi connectivity index (χ4v) is 2.96. The summed E-state index contributed by atoms with van der Waals surface area (Å²) >= 11 is 6.30. The minimum atomic E-state index is -0.403. The van der Waals surface area contributed by atoms with Crippen molar-refractivity contribution in [2.45, 2.75) is 13.8 Å². The number of benzene rings is 2. The number of para-hydroxylation sites is 1. The summed E-state index contributed by atoms with van der Waals surface area (Å²) in [6, 6.07) is 10.7. The summed E-state index contributed by atoms with van der Waals surface area (Å²) in [6.07, 6.45) is 0. The van der Waals surface area contributed by atoms with Crippen molar-refractivity contribution in [1.82, 2.24) is 9.13 Å². The normalized spacial score (nSPS) is 11.1. The van der Waals surface area contributed by atoms with E-state index in [1.54, 1.807) is 25.2 Å². The summed E-state index contributed by atoms with van der Waals surface area (Å²) in [7, 11) is 1.66. The maximum Gasteiger partial charge on any atom is 0.335 e. The molecule has 112 valence electrons. The van der Waals surface area contributed by atoms with Crippen LogP contribution in [0.5, 0.6) is 0 Å². The van der Waals surface area contributed by atoms with Crippen molar-refractivity contribution in [3.05, 3.63) is 73.4 Å². The van der Waals surface area contributed by atoms with Crippen LogP contribution >= 0.6 is 11.6 Å². The molecule has 0 bridgehead atoms. The second-order valence-electron chi connectivity index (χ2n) is 5.36. The summed E-state index contributed by atoms with van der Waals surface area (Å²) in [4.78, 5) is 25.5. The van der Waals surface area contributed by atoms with Crippen molar-refractivity contribution in [3.63, 3.8) is 0 Å². The highest BCUT2D eigenvalue weighted by Crippen LogP contribution is 2.22. The molecule has 0 aliphatic carbocycles. The average molecular weight is 315 g/mol. The molecule has 0 radical (unpaired) electrons. The van der Waals surface area contributed by atoms with Gasteiger partial charge in [0.05, 0.1) is 21.6 Å². The van der Waals surface area contributed by atoms with Crippen LogP contribution in [0.4, 0.5) is 0 Å². The van der Waals surface area contributed by atoms with Crippen LogP contribution in [0.25, 0.3) is 16.6 Å². The molecular weight excluding hydrogens is 300 g/mol. The summed E-state index contributed by atoms with van der Waals surface area (Å²) in [5, 5.41) is 0.911. The van der Waals surface area contributed by atoms with Gasteiger partial charge in [-0.25, -0.2) is 9.36 Å². The second-order valence-corrected chi connectivity index (χ2v) is 5.74. The van der Waals surface area contributed by atoms with Crippen LogP contribution in [-0.2, 0) is 7.05 Å². The van der Waals surface area contributed by atoms with Gasteiger partial charge in [-0.05, 0) is 37.1 Å². The number of nitrogens with zero attached hydrogens (tertiary/aromatic N) is 2. The summed E-state index contributed by atoms with van der Waals surface area (Å²) < 4.78 is 2.63. The maximum atomic E-state index is 12.8. The van der Waals surface area contributed by atoms with Crippen molar-refractivity contribution in [2.24, 2.45) is 7.05 Å². The van der Waals surface area contributed by atoms with Gasteiger partial charge < -0.3 is 0 Å². The van der Waals surface area contributed by atoms with Crippen LogP contribution in [0.1, 0.15) is 11.1 Å². The quantitative estimate of drug-likeness (QED) is 0.693. The van der Waals surface area contributed by atoms with Crippen molar-refractivity contribution in [2.75, 3.05) is 0 Å². The molecule has 3 rings (SSSR count). The SMILES string of the molecule is Cc1cccc(-n2c(=O)c3cccc(C)c3n(C)c2=O)c1Cl. The molecule has 5 heteroatoms. The van der Waals surface area contributed by atoms with E-state index in [1.807, 2.05) is 32.0 Å². The summed E-state index contributed by atoms with van der Waals surface area (Å²) in [5.41, 5.74) is 2.01. The third kappa shape index (κ3) is 1.99. The molecule has 22 heavy (non-hydrogen) atoms. The minimum absolute atomic E-state index is 0.352. The lowest BCUT2D eigenvalue weighted by molar-refractivity contribution is 0.771. The Hall–Kier alpha value is -2.33. The number of fused-ring (bicyclic) bond motifs is 1. The van der Waals surface area contributed by atoms with Gasteiger partial charge in [-0.15, -0.1) is 0 Å². The lowest BCUT2D eigenvalue weighted by atomic mass is 10.1. The number of rotatable bonds is 1. The molecule has 0 fully saturated rings. The van der Waals surface area contributed by atoms with E-state index in [-0.39, 0.29) is 5.56 Å². The second kappa shape index (κ2) is 5.14. The molecule has 1 heterocycles. The van der Waals surface area contributed by atoms with Gasteiger partial charge in [0, 0.05) is 7.05 Å². The molecule has 0 amide bonds. The van der Waals surface area contributed by atoms with Gasteiger partial charge in [-0.3, -0.25) is 9.36 Å². The maximum absolute atomic E-state index is 12.8. The minimum Gasteiger partial charge on any atom is -0.296 e. The van der Waals surface area contributed by atoms with E-state index in [1.165, 1.54) is 4.57 Å². The molecule has 3 aromatic rings. The zero-order valence-corrected chi connectivity index (χ0v) is 13.3. The Morgan fingerprint density at radius 3 is 2.32 bits per heavy atom. The first-order chi connectivity index (χ1) is 10.4. The molecule has 0 saturated carbocycles. The van der Waals surface area contributed by atoms with Gasteiger partial charge in [-0.1, -0.05) is 35.9 Å². The Labute approximate surface area is 132 Å². The Morgan fingerprint density at radius 1 is 0.955 bits per heavy atom. The number of aromatic nitrogens is 2. The molecule has 0 spiro atoms. The van der Waals surface area contributed by atoms with Crippen LogP contribution in [0.15, 0.2) is 46.0 Å². The van der Waals surface area contributed by atoms with Crippen molar-refractivity contribution in [3.8, 4) is 5.69 Å². The lowest BCUT2D eigenvalue weighted by Gasteiger charge is -2.14. The molecule has 2 aromatic carbocycles. The third-order valence-corrected chi connectivity index (χ3v) is 4.39. The van der Waals surface area contributed by atoms with E-state index in [2.05, 4.69) is 0 Å². The first-order valence-electron chi connectivity index (χ1n) is 6.90. The number of halogens is 1. The zero-order valence-electron chi connectivity index (χ0n) is 12.6. The molecule has 0 aliphatic rings. The highest BCUT2D eigenvalue weighted by atomic mass is 35.5. The number of hydrogen-bond acceptors (Lipinski definition) is 2. The number of aryl methyl sites for hydroxylation is 3. The summed E-state index contributed by atoms with van der Waals surface area (Å²) in [6.45, 7) is 3.72. The smallest absolute Gasteiger partial charge is 0.296 e. The molecule has 1 aromatic heterocycles. The van der Waals surface area contributed by atoms with E-state index < -0.39 is 5.69 Å². The zero-order chi connectivity index (χ0) is 16.0. The van der Waals surface area contributed by atoms with Gasteiger partial charge in [0.2, 0.25) is 0 Å². The van der Waals surface area contributed by atoms with Crippen molar-refractivity contribution >= 4 is 22.5 Å². The Morgan fingerprint density at radius 2 is 1.59 bits per heavy atom. The van der Waals surface area contributed by atoms with E-state index in [0.717, 1.165) is 15.7 Å². The van der Waals surface area contributed by atoms with Gasteiger partial charge in [0.25, 0.3) is 5.56 Å². The predicted octanol–water partition coefficient (Wildman–Crippen LogP) is 2.96. The molecule has 0 unspecified atom stereocenters. The molecule has 0 N–H and O–H groups in total. The largest absolute Gasteiger partial charge is 0.335 e. The van der Waals surface area contributed by atoms with Crippen molar-refractivity contribution in [1.29, 1.82) is 0 Å². The highest BCUT2D eigenvalue weighted by molar-refractivity contribution is 6.33. The highest BCUT2D eigenvalue weighted by Gasteiger charge is 2.16. The van der Waals surface area contributed by atoms with E-state index in [0.29, 0.717) is 21.6 Å². The molecule has 4 nitrogen and oxygen atoms in total. The van der Waals surface area contributed by atoms with Crippen LogP contribution < -0.4 is 11.2 Å². The van der Waals surface area contributed by atoms with Crippen LogP contribution in [0.2, 0.25) is 5.02 Å². The first kappa shape index (κ1) is 14.6. The first-order valence-corrected chi connectivity index (χ1v) is 7.28. The molecule has 0 atom stereocenters. The predicted molar refractivity (Wildman–Crippen MR) is 89.3 cm³/mol. The van der Waals surface area contributed by atoms with Gasteiger partial charge in [0.1, 0.15) is 0 Å². The fourth-order valence-electron chi connectivity index (χ4n) is 2.75. The average Bonchev–Trinajstić information content (AvgIpc) is 2.49. The van der Waals surface area contributed by atoms with Crippen LogP contribution in [0.3, 0.4) is 0 Å². The Balaban J connectivity index is 2.55. The van der Waals surface area contributed by atoms with Crippen molar-refractivity contribution < 1.29 is 0 Å². The summed E-state index contributed by atoms with van der Waals surface area (Å²) in [5.74, 6) is 0. The monoisotopic (exact) mass is 314 g/mol. The van der Waals surface area contributed by atoms with E-state index >= 15 is 0 Å². The van der Waals surface area contributed by atoms with Gasteiger partial charge in [-0.2, -0.15) is 0 Å². The Bertz CT molecular complexity index is 1020. The third-order valence-electron chi connectivity index (χ3n) is 3.90. The van der Waals surface area contributed by atoms with E-state index in [9.17, 15) is 9.59 Å². The van der Waals surface area contributed by atoms with E-state index in [4.69, 9.17) is 11.6 Å². The molecular formula is C17H15ClN2O2. The topological polar surface area (TPSA) is 44.0 Å². The molecule has 0 saturated heterocycles. The Kier molecular flexibility index (Phi) is 3.41. The van der Waals surface area contributed by atoms with Gasteiger partial charge >= 0.3 is 5.69 Å². The molecule has 0 aliphatic heterocycles. The fraction of sp³-hybridized carbons (Fsp3) is 0.176. The standard InChI is InChI=1S/C17H15ClN2O2/c1-10-6-5-9-13(14(10)18)20-16(21)12-8-4-7-11(2)15(12)19(3)17(20)22/h4-9H,1-3H3. The number of hydrogen-bond donors (Lipinski definition) is 0.